The van der Waals surface area contributed by atoms with Crippen molar-refractivity contribution in [2.24, 2.45) is 0 Å². The Morgan fingerprint density at radius 1 is 1.22 bits per heavy atom. The molecule has 102 valence electrons. The van der Waals surface area contributed by atoms with E-state index in [1.807, 2.05) is 12.1 Å². The maximum absolute atomic E-state index is 5.80. The van der Waals surface area contributed by atoms with Crippen LogP contribution in [0.5, 0.6) is 5.75 Å². The molecule has 0 spiro atoms. The topological polar surface area (TPSA) is 21.3 Å². The smallest absolute Gasteiger partial charge is 0.119 e. The zero-order chi connectivity index (χ0) is 13.2. The van der Waals surface area contributed by atoms with Crippen LogP contribution in [0.2, 0.25) is 0 Å². The van der Waals surface area contributed by atoms with Gasteiger partial charge in [-0.15, -0.1) is 0 Å². The Morgan fingerprint density at radius 3 is 2.72 bits per heavy atom. The molecule has 1 aromatic rings. The predicted octanol–water partition coefficient (Wildman–Crippen LogP) is 3.93. The molecule has 1 rings (SSSR count). The molecule has 0 heterocycles. The van der Waals surface area contributed by atoms with Crippen LogP contribution in [0.25, 0.3) is 0 Å². The summed E-state index contributed by atoms with van der Waals surface area (Å²) in [6.45, 7) is 8.34. The minimum absolute atomic E-state index is 0.597. The molecule has 0 aliphatic heterocycles. The molecule has 1 unspecified atom stereocenters. The largest absolute Gasteiger partial charge is 0.494 e. The molecule has 18 heavy (non-hydrogen) atoms. The van der Waals surface area contributed by atoms with Crippen LogP contribution in [0.4, 0.5) is 0 Å². The highest BCUT2D eigenvalue weighted by Crippen LogP contribution is 2.13. The van der Waals surface area contributed by atoms with Gasteiger partial charge in [0.1, 0.15) is 5.75 Å². The van der Waals surface area contributed by atoms with Crippen molar-refractivity contribution in [3.05, 3.63) is 29.8 Å². The van der Waals surface area contributed by atoms with E-state index in [1.165, 1.54) is 24.8 Å². The van der Waals surface area contributed by atoms with Crippen LogP contribution >= 0.6 is 0 Å². The molecule has 0 radical (unpaired) electrons. The summed E-state index contributed by atoms with van der Waals surface area (Å²) in [7, 11) is 0. The SMILES string of the molecule is CCCCC(CCOc1cccc(C)c1)NCC. The van der Waals surface area contributed by atoms with Gasteiger partial charge in [0.15, 0.2) is 0 Å². The van der Waals surface area contributed by atoms with E-state index in [1.54, 1.807) is 0 Å². The maximum Gasteiger partial charge on any atom is 0.119 e. The molecule has 2 heteroatoms. The van der Waals surface area contributed by atoms with Gasteiger partial charge in [-0.25, -0.2) is 0 Å². The Labute approximate surface area is 112 Å². The van der Waals surface area contributed by atoms with E-state index >= 15 is 0 Å². The lowest BCUT2D eigenvalue weighted by molar-refractivity contribution is 0.280. The number of unbranched alkanes of at least 4 members (excludes halogenated alkanes) is 1. The number of rotatable bonds is 9. The molecule has 0 aliphatic carbocycles. The first-order valence-electron chi connectivity index (χ1n) is 7.19. The minimum atomic E-state index is 0.597. The van der Waals surface area contributed by atoms with E-state index in [-0.39, 0.29) is 0 Å². The van der Waals surface area contributed by atoms with Crippen LogP contribution in [0.15, 0.2) is 24.3 Å². The standard InChI is InChI=1S/C16H27NO/c1-4-6-9-15(17-5-2)11-12-18-16-10-7-8-14(3)13-16/h7-8,10,13,15,17H,4-6,9,11-12H2,1-3H3. The number of hydrogen-bond donors (Lipinski definition) is 1. The normalized spacial score (nSPS) is 12.4. The first-order valence-corrected chi connectivity index (χ1v) is 7.19. The number of benzene rings is 1. The Morgan fingerprint density at radius 2 is 2.06 bits per heavy atom. The lowest BCUT2D eigenvalue weighted by Gasteiger charge is -2.17. The molecule has 1 aromatic carbocycles. The summed E-state index contributed by atoms with van der Waals surface area (Å²) in [5.74, 6) is 0.987. The van der Waals surface area contributed by atoms with Crippen LogP contribution in [-0.2, 0) is 0 Å². The second kappa shape index (κ2) is 8.98. The summed E-state index contributed by atoms with van der Waals surface area (Å²) >= 11 is 0. The fourth-order valence-electron chi connectivity index (χ4n) is 2.11. The Bertz CT molecular complexity index is 325. The Hall–Kier alpha value is -1.02. The number of nitrogens with one attached hydrogen (secondary N) is 1. The van der Waals surface area contributed by atoms with E-state index in [4.69, 9.17) is 4.74 Å². The quantitative estimate of drug-likeness (QED) is 0.716. The molecule has 0 bridgehead atoms. The number of aryl methyl sites for hydroxylation is 1. The summed E-state index contributed by atoms with van der Waals surface area (Å²) in [5, 5.41) is 3.54. The van der Waals surface area contributed by atoms with E-state index in [0.29, 0.717) is 6.04 Å². The van der Waals surface area contributed by atoms with Gasteiger partial charge in [-0.1, -0.05) is 38.8 Å². The first kappa shape index (κ1) is 15.0. The Balaban J connectivity index is 2.29. The van der Waals surface area contributed by atoms with Gasteiger partial charge in [-0.2, -0.15) is 0 Å². The number of ether oxygens (including phenoxy) is 1. The van der Waals surface area contributed by atoms with Crippen LogP contribution < -0.4 is 10.1 Å². The van der Waals surface area contributed by atoms with Gasteiger partial charge in [0.05, 0.1) is 6.61 Å². The zero-order valence-electron chi connectivity index (χ0n) is 12.0. The maximum atomic E-state index is 5.80. The summed E-state index contributed by atoms with van der Waals surface area (Å²) < 4.78 is 5.80. The van der Waals surface area contributed by atoms with Crippen LogP contribution in [0, 0.1) is 6.92 Å². The fraction of sp³-hybridized carbons (Fsp3) is 0.625. The highest BCUT2D eigenvalue weighted by molar-refractivity contribution is 5.27. The molecule has 0 saturated carbocycles. The third kappa shape index (κ3) is 6.06. The van der Waals surface area contributed by atoms with Gasteiger partial charge in [0.25, 0.3) is 0 Å². The highest BCUT2D eigenvalue weighted by atomic mass is 16.5. The molecule has 0 aliphatic rings. The first-order chi connectivity index (χ1) is 8.76. The van der Waals surface area contributed by atoms with Crippen molar-refractivity contribution >= 4 is 0 Å². The third-order valence-corrected chi connectivity index (χ3v) is 3.12. The van der Waals surface area contributed by atoms with Crippen LogP contribution in [0.3, 0.4) is 0 Å². The minimum Gasteiger partial charge on any atom is -0.494 e. The van der Waals surface area contributed by atoms with E-state index in [9.17, 15) is 0 Å². The molecular formula is C16H27NO. The second-order valence-corrected chi connectivity index (χ2v) is 4.85. The van der Waals surface area contributed by atoms with Crippen molar-refractivity contribution in [2.45, 2.75) is 52.5 Å². The average molecular weight is 249 g/mol. The van der Waals surface area contributed by atoms with E-state index < -0.39 is 0 Å². The molecule has 0 aromatic heterocycles. The van der Waals surface area contributed by atoms with Crippen molar-refractivity contribution < 1.29 is 4.74 Å². The van der Waals surface area contributed by atoms with Crippen LogP contribution in [0.1, 0.15) is 45.1 Å². The van der Waals surface area contributed by atoms with Gasteiger partial charge in [-0.05, 0) is 44.0 Å². The molecule has 0 amide bonds. The lowest BCUT2D eigenvalue weighted by atomic mass is 10.1. The van der Waals surface area contributed by atoms with Crippen molar-refractivity contribution in [3.63, 3.8) is 0 Å². The van der Waals surface area contributed by atoms with E-state index in [2.05, 4.69) is 38.2 Å². The van der Waals surface area contributed by atoms with Gasteiger partial charge < -0.3 is 10.1 Å². The molecule has 1 N–H and O–H groups in total. The lowest BCUT2D eigenvalue weighted by Crippen LogP contribution is -2.30. The van der Waals surface area contributed by atoms with Crippen molar-refractivity contribution in [1.29, 1.82) is 0 Å². The fourth-order valence-corrected chi connectivity index (χ4v) is 2.11. The predicted molar refractivity (Wildman–Crippen MR) is 78.3 cm³/mol. The molecule has 2 nitrogen and oxygen atoms in total. The van der Waals surface area contributed by atoms with Crippen molar-refractivity contribution in [3.8, 4) is 5.75 Å². The second-order valence-electron chi connectivity index (χ2n) is 4.85. The molecule has 1 atom stereocenters. The molecular weight excluding hydrogens is 222 g/mol. The summed E-state index contributed by atoms with van der Waals surface area (Å²) in [6.07, 6.45) is 4.89. The Kier molecular flexibility index (Phi) is 7.51. The molecule has 0 saturated heterocycles. The number of hydrogen-bond acceptors (Lipinski definition) is 2. The van der Waals surface area contributed by atoms with Crippen molar-refractivity contribution in [1.82, 2.24) is 5.32 Å². The van der Waals surface area contributed by atoms with E-state index in [0.717, 1.165) is 25.3 Å². The highest BCUT2D eigenvalue weighted by Gasteiger charge is 2.06. The monoisotopic (exact) mass is 249 g/mol. The zero-order valence-corrected chi connectivity index (χ0v) is 12.0. The van der Waals surface area contributed by atoms with Gasteiger partial charge >= 0.3 is 0 Å². The van der Waals surface area contributed by atoms with Crippen LogP contribution in [-0.4, -0.2) is 19.2 Å². The summed E-state index contributed by atoms with van der Waals surface area (Å²) in [5.41, 5.74) is 1.25. The van der Waals surface area contributed by atoms with Crippen molar-refractivity contribution in [2.75, 3.05) is 13.2 Å². The third-order valence-electron chi connectivity index (χ3n) is 3.12. The summed E-state index contributed by atoms with van der Waals surface area (Å²) in [4.78, 5) is 0. The molecule has 0 fully saturated rings. The van der Waals surface area contributed by atoms with Gasteiger partial charge in [0.2, 0.25) is 0 Å². The average Bonchev–Trinajstić information content (AvgIpc) is 2.36. The van der Waals surface area contributed by atoms with Gasteiger partial charge in [-0.3, -0.25) is 0 Å². The van der Waals surface area contributed by atoms with Gasteiger partial charge in [0, 0.05) is 6.04 Å². The summed E-state index contributed by atoms with van der Waals surface area (Å²) in [6, 6.07) is 8.86.